The fourth-order valence-electron chi connectivity index (χ4n) is 1.57. The number of nitrogens with zero attached hydrogens (tertiary/aromatic N) is 2. The van der Waals surface area contributed by atoms with E-state index >= 15 is 0 Å². The number of aromatic nitrogens is 2. The van der Waals surface area contributed by atoms with Crippen molar-refractivity contribution in [2.45, 2.75) is 25.2 Å². The summed E-state index contributed by atoms with van der Waals surface area (Å²) in [4.78, 5) is 9.77. The predicted octanol–water partition coefficient (Wildman–Crippen LogP) is 3.44. The van der Waals surface area contributed by atoms with Crippen LogP contribution >= 0.6 is 11.8 Å². The molecule has 19 heavy (non-hydrogen) atoms. The van der Waals surface area contributed by atoms with Crippen molar-refractivity contribution in [3.05, 3.63) is 35.7 Å². The van der Waals surface area contributed by atoms with Gasteiger partial charge < -0.3 is 10.5 Å². The van der Waals surface area contributed by atoms with Crippen molar-refractivity contribution in [2.24, 2.45) is 0 Å². The molecule has 0 spiro atoms. The summed E-state index contributed by atoms with van der Waals surface area (Å²) in [6, 6.07) is 7.88. The number of thioether (sulfide) groups is 1. The molecule has 0 aliphatic rings. The summed E-state index contributed by atoms with van der Waals surface area (Å²) in [7, 11) is 0. The van der Waals surface area contributed by atoms with Crippen molar-refractivity contribution in [3.63, 3.8) is 0 Å². The molecular formula is C14H17N3OS. The number of nitrogens with two attached hydrogens (primary N) is 1. The fraction of sp³-hybridized carbons (Fsp3) is 0.286. The van der Waals surface area contributed by atoms with Crippen molar-refractivity contribution in [3.8, 4) is 11.6 Å². The zero-order chi connectivity index (χ0) is 13.8. The van der Waals surface area contributed by atoms with Crippen LogP contribution in [0.3, 0.4) is 0 Å². The van der Waals surface area contributed by atoms with Crippen LogP contribution in [0.2, 0.25) is 0 Å². The molecule has 0 radical (unpaired) electrons. The highest BCUT2D eigenvalue weighted by Gasteiger charge is 2.10. The van der Waals surface area contributed by atoms with Gasteiger partial charge in [0, 0.05) is 11.3 Å². The Bertz CT molecular complexity index is 570. The summed E-state index contributed by atoms with van der Waals surface area (Å²) in [5.74, 6) is 2.45. The summed E-state index contributed by atoms with van der Waals surface area (Å²) >= 11 is 1.69. The van der Waals surface area contributed by atoms with Gasteiger partial charge in [-0.25, -0.2) is 4.98 Å². The molecule has 0 atom stereocenters. The quantitative estimate of drug-likeness (QED) is 0.866. The SMILES string of the molecule is CCc1nc(N)c(C)c(Oc2ccc(SC)cc2)n1. The van der Waals surface area contributed by atoms with Crippen molar-refractivity contribution >= 4 is 17.6 Å². The van der Waals surface area contributed by atoms with Gasteiger partial charge in [0.1, 0.15) is 17.4 Å². The molecule has 1 aromatic carbocycles. The smallest absolute Gasteiger partial charge is 0.227 e. The van der Waals surface area contributed by atoms with E-state index in [1.54, 1.807) is 11.8 Å². The Hall–Kier alpha value is -1.75. The Labute approximate surface area is 117 Å². The third-order valence-electron chi connectivity index (χ3n) is 2.78. The van der Waals surface area contributed by atoms with Gasteiger partial charge in [0.25, 0.3) is 0 Å². The molecule has 0 fully saturated rings. The van der Waals surface area contributed by atoms with E-state index in [0.29, 0.717) is 17.5 Å². The number of anilines is 1. The molecule has 0 aliphatic carbocycles. The number of rotatable bonds is 4. The zero-order valence-electron chi connectivity index (χ0n) is 11.3. The highest BCUT2D eigenvalue weighted by molar-refractivity contribution is 7.98. The molecule has 0 aliphatic heterocycles. The molecule has 2 aromatic rings. The average Bonchev–Trinajstić information content (AvgIpc) is 2.44. The molecule has 2 N–H and O–H groups in total. The maximum absolute atomic E-state index is 5.86. The van der Waals surface area contributed by atoms with Crippen LogP contribution in [-0.2, 0) is 6.42 Å². The van der Waals surface area contributed by atoms with Crippen LogP contribution in [0, 0.1) is 6.92 Å². The van der Waals surface area contributed by atoms with E-state index in [4.69, 9.17) is 10.5 Å². The third kappa shape index (κ3) is 3.17. The van der Waals surface area contributed by atoms with Crippen LogP contribution in [0.4, 0.5) is 5.82 Å². The molecule has 0 saturated heterocycles. The van der Waals surface area contributed by atoms with E-state index in [2.05, 4.69) is 9.97 Å². The van der Waals surface area contributed by atoms with Gasteiger partial charge >= 0.3 is 0 Å². The largest absolute Gasteiger partial charge is 0.439 e. The van der Waals surface area contributed by atoms with E-state index < -0.39 is 0 Å². The summed E-state index contributed by atoms with van der Waals surface area (Å²) in [6.45, 7) is 3.85. The van der Waals surface area contributed by atoms with Gasteiger partial charge in [-0.15, -0.1) is 11.8 Å². The lowest BCUT2D eigenvalue weighted by Crippen LogP contribution is -2.04. The van der Waals surface area contributed by atoms with Crippen LogP contribution in [0.25, 0.3) is 0 Å². The maximum Gasteiger partial charge on any atom is 0.227 e. The highest BCUT2D eigenvalue weighted by Crippen LogP contribution is 2.27. The van der Waals surface area contributed by atoms with E-state index in [-0.39, 0.29) is 0 Å². The van der Waals surface area contributed by atoms with Crippen LogP contribution in [-0.4, -0.2) is 16.2 Å². The zero-order valence-corrected chi connectivity index (χ0v) is 12.1. The first kappa shape index (κ1) is 13.7. The van der Waals surface area contributed by atoms with E-state index in [1.807, 2.05) is 44.4 Å². The van der Waals surface area contributed by atoms with E-state index in [9.17, 15) is 0 Å². The van der Waals surface area contributed by atoms with E-state index in [1.165, 1.54) is 4.90 Å². The first-order chi connectivity index (χ1) is 9.13. The normalized spacial score (nSPS) is 10.5. The van der Waals surface area contributed by atoms with Gasteiger partial charge in [0.2, 0.25) is 5.88 Å². The standard InChI is InChI=1S/C14H17N3OS/c1-4-12-16-13(15)9(2)14(17-12)18-10-5-7-11(19-3)8-6-10/h5-8H,4H2,1-3H3,(H2,15,16,17). The molecule has 0 bridgehead atoms. The van der Waals surface area contributed by atoms with Gasteiger partial charge in [-0.2, -0.15) is 4.98 Å². The number of ether oxygens (including phenoxy) is 1. The van der Waals surface area contributed by atoms with Crippen LogP contribution in [0.5, 0.6) is 11.6 Å². The molecule has 0 saturated carbocycles. The minimum atomic E-state index is 0.475. The fourth-order valence-corrected chi connectivity index (χ4v) is 1.98. The Kier molecular flexibility index (Phi) is 4.27. The van der Waals surface area contributed by atoms with Gasteiger partial charge in [0.15, 0.2) is 0 Å². The Morgan fingerprint density at radius 3 is 2.47 bits per heavy atom. The number of aryl methyl sites for hydroxylation is 1. The number of nitrogen functional groups attached to an aromatic ring is 1. The van der Waals surface area contributed by atoms with Gasteiger partial charge in [-0.1, -0.05) is 6.92 Å². The number of hydrogen-bond donors (Lipinski definition) is 1. The molecule has 0 unspecified atom stereocenters. The minimum Gasteiger partial charge on any atom is -0.439 e. The topological polar surface area (TPSA) is 61.0 Å². The Balaban J connectivity index is 2.28. The summed E-state index contributed by atoms with van der Waals surface area (Å²) in [6.07, 6.45) is 2.77. The van der Waals surface area contributed by atoms with Crippen molar-refractivity contribution < 1.29 is 4.74 Å². The highest BCUT2D eigenvalue weighted by atomic mass is 32.2. The second-order valence-corrected chi connectivity index (χ2v) is 4.97. The van der Waals surface area contributed by atoms with Crippen LogP contribution < -0.4 is 10.5 Å². The van der Waals surface area contributed by atoms with Gasteiger partial charge in [-0.05, 0) is 37.4 Å². The Morgan fingerprint density at radius 1 is 1.21 bits per heavy atom. The monoisotopic (exact) mass is 275 g/mol. The summed E-state index contributed by atoms with van der Waals surface area (Å²) < 4.78 is 5.79. The minimum absolute atomic E-state index is 0.475. The molecular weight excluding hydrogens is 258 g/mol. The van der Waals surface area contributed by atoms with Crippen molar-refractivity contribution in [1.82, 2.24) is 9.97 Å². The Morgan fingerprint density at radius 2 is 1.89 bits per heavy atom. The molecule has 2 rings (SSSR count). The lowest BCUT2D eigenvalue weighted by Gasteiger charge is -2.10. The molecule has 100 valence electrons. The number of benzene rings is 1. The van der Waals surface area contributed by atoms with Gasteiger partial charge in [-0.3, -0.25) is 0 Å². The second kappa shape index (κ2) is 5.93. The van der Waals surface area contributed by atoms with Gasteiger partial charge in [0.05, 0.1) is 5.56 Å². The summed E-state index contributed by atoms with van der Waals surface area (Å²) in [5.41, 5.74) is 6.63. The van der Waals surface area contributed by atoms with Crippen molar-refractivity contribution in [1.29, 1.82) is 0 Å². The second-order valence-electron chi connectivity index (χ2n) is 4.09. The molecule has 1 aromatic heterocycles. The summed E-state index contributed by atoms with van der Waals surface area (Å²) in [5, 5.41) is 0. The third-order valence-corrected chi connectivity index (χ3v) is 3.52. The first-order valence-electron chi connectivity index (χ1n) is 6.09. The van der Waals surface area contributed by atoms with Crippen molar-refractivity contribution in [2.75, 3.05) is 12.0 Å². The molecule has 4 nitrogen and oxygen atoms in total. The average molecular weight is 275 g/mol. The first-order valence-corrected chi connectivity index (χ1v) is 7.31. The van der Waals surface area contributed by atoms with Crippen LogP contribution in [0.15, 0.2) is 29.2 Å². The molecule has 1 heterocycles. The molecule has 0 amide bonds. The maximum atomic E-state index is 5.86. The molecule has 5 heteroatoms. The predicted molar refractivity (Wildman–Crippen MR) is 78.9 cm³/mol. The number of hydrogen-bond acceptors (Lipinski definition) is 5. The lowest BCUT2D eigenvalue weighted by atomic mass is 10.3. The lowest BCUT2D eigenvalue weighted by molar-refractivity contribution is 0.455. The van der Waals surface area contributed by atoms with E-state index in [0.717, 1.165) is 17.7 Å². The van der Waals surface area contributed by atoms with Crippen LogP contribution in [0.1, 0.15) is 18.3 Å².